The number of rotatable bonds is 4. The van der Waals surface area contributed by atoms with Gasteiger partial charge in [0.15, 0.2) is 0 Å². The highest BCUT2D eigenvalue weighted by Gasteiger charge is 2.30. The van der Waals surface area contributed by atoms with Crippen LogP contribution in [0.1, 0.15) is 26.2 Å². The molecule has 0 aliphatic heterocycles. The second kappa shape index (κ2) is 5.91. The Labute approximate surface area is 128 Å². The highest BCUT2D eigenvalue weighted by Crippen LogP contribution is 2.33. The van der Waals surface area contributed by atoms with Crippen LogP contribution in [0.5, 0.6) is 5.75 Å². The van der Waals surface area contributed by atoms with E-state index in [4.69, 9.17) is 10.5 Å². The van der Waals surface area contributed by atoms with Crippen LogP contribution in [0, 0.1) is 5.92 Å². The lowest BCUT2D eigenvalue weighted by Gasteiger charge is -2.19. The van der Waals surface area contributed by atoms with Crippen LogP contribution in [0.4, 0.5) is 5.69 Å². The van der Waals surface area contributed by atoms with Crippen LogP contribution < -0.4 is 15.2 Å². The van der Waals surface area contributed by atoms with E-state index >= 15 is 0 Å². The number of nitrogens with one attached hydrogen (secondary N) is 1. The van der Waals surface area contributed by atoms with Gasteiger partial charge in [0.1, 0.15) is 10.6 Å². The summed E-state index contributed by atoms with van der Waals surface area (Å²) in [6.07, 6.45) is 2.97. The second-order valence-corrected chi connectivity index (χ2v) is 7.70. The third-order valence-corrected chi connectivity index (χ3v) is 5.94. The molecule has 0 amide bonds. The van der Waals surface area contributed by atoms with Gasteiger partial charge in [0, 0.05) is 16.2 Å². The van der Waals surface area contributed by atoms with Crippen molar-refractivity contribution < 1.29 is 13.2 Å². The van der Waals surface area contributed by atoms with Gasteiger partial charge in [0.25, 0.3) is 0 Å². The van der Waals surface area contributed by atoms with E-state index in [1.165, 1.54) is 13.2 Å². The fraction of sp³-hybridized carbons (Fsp3) is 0.538. The molecule has 2 unspecified atom stereocenters. The number of hydrogen-bond acceptors (Lipinski definition) is 4. The number of benzene rings is 1. The maximum absolute atomic E-state index is 12.5. The SMILES string of the molecule is COc1cc(Br)c(N)cc1S(=O)(=O)NC1CCCC1C. The van der Waals surface area contributed by atoms with Gasteiger partial charge in [0.05, 0.1) is 7.11 Å². The molecule has 0 aromatic heterocycles. The molecule has 7 heteroatoms. The van der Waals surface area contributed by atoms with E-state index in [1.54, 1.807) is 6.07 Å². The summed E-state index contributed by atoms with van der Waals surface area (Å²) in [4.78, 5) is 0.0831. The van der Waals surface area contributed by atoms with Crippen LogP contribution in [0.25, 0.3) is 0 Å². The lowest BCUT2D eigenvalue weighted by molar-refractivity contribution is 0.401. The molecule has 1 aliphatic rings. The number of methoxy groups -OCH3 is 1. The number of nitrogen functional groups attached to an aromatic ring is 1. The lowest BCUT2D eigenvalue weighted by atomic mass is 10.1. The first-order valence-electron chi connectivity index (χ1n) is 6.50. The van der Waals surface area contributed by atoms with Crippen molar-refractivity contribution in [2.24, 2.45) is 5.92 Å². The summed E-state index contributed by atoms with van der Waals surface area (Å²) in [5.74, 6) is 0.632. The maximum Gasteiger partial charge on any atom is 0.244 e. The van der Waals surface area contributed by atoms with Gasteiger partial charge < -0.3 is 10.5 Å². The Morgan fingerprint density at radius 2 is 2.10 bits per heavy atom. The van der Waals surface area contributed by atoms with Gasteiger partial charge >= 0.3 is 0 Å². The van der Waals surface area contributed by atoms with Crippen LogP contribution in [0.2, 0.25) is 0 Å². The largest absolute Gasteiger partial charge is 0.495 e. The topological polar surface area (TPSA) is 81.4 Å². The van der Waals surface area contributed by atoms with Crippen LogP contribution in [0.3, 0.4) is 0 Å². The third-order valence-electron chi connectivity index (χ3n) is 3.74. The molecule has 0 radical (unpaired) electrons. The highest BCUT2D eigenvalue weighted by molar-refractivity contribution is 9.10. The summed E-state index contributed by atoms with van der Waals surface area (Å²) in [6, 6.07) is 2.97. The van der Waals surface area contributed by atoms with Gasteiger partial charge in [-0.3, -0.25) is 0 Å². The Morgan fingerprint density at radius 3 is 2.65 bits per heavy atom. The summed E-state index contributed by atoms with van der Waals surface area (Å²) < 4.78 is 33.6. The Bertz CT molecular complexity index is 604. The highest BCUT2D eigenvalue weighted by atomic mass is 79.9. The zero-order chi connectivity index (χ0) is 14.9. The summed E-state index contributed by atoms with van der Waals surface area (Å²) in [5.41, 5.74) is 6.15. The minimum atomic E-state index is -3.63. The molecule has 0 saturated heterocycles. The number of anilines is 1. The van der Waals surface area contributed by atoms with Crippen molar-refractivity contribution in [3.05, 3.63) is 16.6 Å². The van der Waals surface area contributed by atoms with E-state index in [9.17, 15) is 8.42 Å². The smallest absolute Gasteiger partial charge is 0.244 e. The Balaban J connectivity index is 2.36. The van der Waals surface area contributed by atoms with Crippen molar-refractivity contribution in [1.29, 1.82) is 0 Å². The van der Waals surface area contributed by atoms with Crippen LogP contribution in [0.15, 0.2) is 21.5 Å². The van der Waals surface area contributed by atoms with Gasteiger partial charge in [-0.1, -0.05) is 13.3 Å². The molecule has 0 bridgehead atoms. The quantitative estimate of drug-likeness (QED) is 0.806. The number of sulfonamides is 1. The molecule has 1 fully saturated rings. The average molecular weight is 363 g/mol. The molecule has 112 valence electrons. The average Bonchev–Trinajstić information content (AvgIpc) is 2.77. The molecule has 0 spiro atoms. The van der Waals surface area contributed by atoms with Gasteiger partial charge in [-0.25, -0.2) is 13.1 Å². The summed E-state index contributed by atoms with van der Waals surface area (Å²) in [6.45, 7) is 2.06. The summed E-state index contributed by atoms with van der Waals surface area (Å²) in [7, 11) is -2.19. The van der Waals surface area contributed by atoms with Crippen molar-refractivity contribution in [2.75, 3.05) is 12.8 Å². The zero-order valence-electron chi connectivity index (χ0n) is 11.5. The molecule has 1 saturated carbocycles. The van der Waals surface area contributed by atoms with E-state index in [-0.39, 0.29) is 16.7 Å². The molecule has 1 aromatic carbocycles. The Morgan fingerprint density at radius 1 is 1.40 bits per heavy atom. The fourth-order valence-corrected chi connectivity index (χ4v) is 4.39. The first kappa shape index (κ1) is 15.6. The van der Waals surface area contributed by atoms with E-state index in [2.05, 4.69) is 27.6 Å². The van der Waals surface area contributed by atoms with Crippen LogP contribution in [-0.2, 0) is 10.0 Å². The fourth-order valence-electron chi connectivity index (χ4n) is 2.50. The molecule has 20 heavy (non-hydrogen) atoms. The van der Waals surface area contributed by atoms with Gasteiger partial charge in [0.2, 0.25) is 10.0 Å². The molecule has 1 aromatic rings. The molecule has 2 atom stereocenters. The molecule has 3 N–H and O–H groups in total. The lowest BCUT2D eigenvalue weighted by Crippen LogP contribution is -2.36. The van der Waals surface area contributed by atoms with Gasteiger partial charge in [-0.15, -0.1) is 0 Å². The standard InChI is InChI=1S/C13H19BrN2O3S/c1-8-4-3-5-11(8)16-20(17,18)13-7-10(15)9(14)6-12(13)19-2/h6-8,11,16H,3-5,15H2,1-2H3. The predicted molar refractivity (Wildman–Crippen MR) is 82.2 cm³/mol. The van der Waals surface area contributed by atoms with Crippen LogP contribution in [-0.4, -0.2) is 21.6 Å². The summed E-state index contributed by atoms with van der Waals surface area (Å²) >= 11 is 3.27. The summed E-state index contributed by atoms with van der Waals surface area (Å²) in [5, 5.41) is 0. The monoisotopic (exact) mass is 362 g/mol. The molecular formula is C13H19BrN2O3S. The second-order valence-electron chi connectivity index (χ2n) is 5.16. The third kappa shape index (κ3) is 3.10. The first-order chi connectivity index (χ1) is 9.35. The van der Waals surface area contributed by atoms with Gasteiger partial charge in [-0.2, -0.15) is 0 Å². The minimum Gasteiger partial charge on any atom is -0.495 e. The molecule has 1 aliphatic carbocycles. The van der Waals surface area contributed by atoms with E-state index in [1.807, 2.05) is 0 Å². The van der Waals surface area contributed by atoms with Crippen molar-refractivity contribution in [2.45, 2.75) is 37.1 Å². The first-order valence-corrected chi connectivity index (χ1v) is 8.78. The van der Waals surface area contributed by atoms with E-state index < -0.39 is 10.0 Å². The number of nitrogens with two attached hydrogens (primary N) is 1. The van der Waals surface area contributed by atoms with E-state index in [0.717, 1.165) is 19.3 Å². The van der Waals surface area contributed by atoms with Crippen molar-refractivity contribution in [1.82, 2.24) is 4.72 Å². The van der Waals surface area contributed by atoms with E-state index in [0.29, 0.717) is 16.1 Å². The van der Waals surface area contributed by atoms with Crippen molar-refractivity contribution in [3.63, 3.8) is 0 Å². The van der Waals surface area contributed by atoms with Crippen molar-refractivity contribution in [3.8, 4) is 5.75 Å². The van der Waals surface area contributed by atoms with Crippen LogP contribution >= 0.6 is 15.9 Å². The molecule has 2 rings (SSSR count). The molecule has 5 nitrogen and oxygen atoms in total. The number of hydrogen-bond donors (Lipinski definition) is 2. The number of ether oxygens (including phenoxy) is 1. The molecular weight excluding hydrogens is 344 g/mol. The zero-order valence-corrected chi connectivity index (χ0v) is 13.9. The minimum absolute atomic E-state index is 0.0189. The Hall–Kier alpha value is -0.790. The maximum atomic E-state index is 12.5. The number of halogens is 1. The van der Waals surface area contributed by atoms with Gasteiger partial charge in [-0.05, 0) is 46.8 Å². The Kier molecular flexibility index (Phi) is 4.61. The van der Waals surface area contributed by atoms with Crippen molar-refractivity contribution >= 4 is 31.6 Å². The molecule has 0 heterocycles. The normalized spacial score (nSPS) is 22.9. The predicted octanol–water partition coefficient (Wildman–Crippen LogP) is 2.51.